The molecule has 2 heterocycles. The molecule has 6 nitrogen and oxygen atoms in total. The molecule has 7 heteroatoms. The number of thioether (sulfide) groups is 1. The molecule has 0 aromatic heterocycles. The van der Waals surface area contributed by atoms with E-state index in [1.54, 1.807) is 0 Å². The lowest BCUT2D eigenvalue weighted by Gasteiger charge is -2.38. The van der Waals surface area contributed by atoms with Crippen LogP contribution >= 0.6 is 11.8 Å². The number of morpholine rings is 1. The zero-order valence-electron chi connectivity index (χ0n) is 16.3. The molecule has 0 aromatic rings. The molecule has 0 spiro atoms. The van der Waals surface area contributed by atoms with Gasteiger partial charge >= 0.3 is 0 Å². The predicted molar refractivity (Wildman–Crippen MR) is 107 cm³/mol. The molecule has 0 amide bonds. The highest BCUT2D eigenvalue weighted by Crippen LogP contribution is 2.32. The van der Waals surface area contributed by atoms with Crippen molar-refractivity contribution in [2.45, 2.75) is 37.5 Å². The first-order valence-corrected chi connectivity index (χ1v) is 10.7. The number of nitrogens with one attached hydrogen (secondary N) is 2. The largest absolute Gasteiger partial charge is 0.381 e. The van der Waals surface area contributed by atoms with E-state index in [1.165, 1.54) is 0 Å². The fourth-order valence-electron chi connectivity index (χ4n) is 3.56. The van der Waals surface area contributed by atoms with E-state index >= 15 is 0 Å². The van der Waals surface area contributed by atoms with E-state index in [9.17, 15) is 0 Å². The van der Waals surface area contributed by atoms with Gasteiger partial charge in [0.05, 0.1) is 13.2 Å². The zero-order chi connectivity index (χ0) is 18.1. The van der Waals surface area contributed by atoms with Gasteiger partial charge in [-0.1, -0.05) is 13.8 Å². The molecule has 2 aliphatic heterocycles. The van der Waals surface area contributed by atoms with Gasteiger partial charge < -0.3 is 20.1 Å². The molecular weight excluding hydrogens is 336 g/mol. The molecule has 1 unspecified atom stereocenters. The Kier molecular flexibility index (Phi) is 8.82. The van der Waals surface area contributed by atoms with Crippen LogP contribution in [-0.4, -0.2) is 87.6 Å². The first-order chi connectivity index (χ1) is 12.1. The van der Waals surface area contributed by atoms with E-state index < -0.39 is 0 Å². The van der Waals surface area contributed by atoms with Crippen molar-refractivity contribution in [1.82, 2.24) is 15.5 Å². The minimum atomic E-state index is 0.261. The fourth-order valence-corrected chi connectivity index (χ4v) is 4.35. The molecule has 0 radical (unpaired) electrons. The highest BCUT2D eigenvalue weighted by Gasteiger charge is 2.32. The molecule has 2 aliphatic rings. The first kappa shape index (κ1) is 20.8. The molecule has 0 saturated carbocycles. The maximum atomic E-state index is 5.53. The Morgan fingerprint density at radius 3 is 2.32 bits per heavy atom. The van der Waals surface area contributed by atoms with Crippen LogP contribution in [0.4, 0.5) is 0 Å². The summed E-state index contributed by atoms with van der Waals surface area (Å²) in [7, 11) is 1.85. The van der Waals surface area contributed by atoms with E-state index in [2.05, 4.69) is 40.6 Å². The van der Waals surface area contributed by atoms with Crippen LogP contribution in [0.3, 0.4) is 0 Å². The number of aliphatic imine (C=N–C) groups is 1. The van der Waals surface area contributed by atoms with Gasteiger partial charge in [0, 0.05) is 57.2 Å². The number of nitrogens with zero attached hydrogens (tertiary/aromatic N) is 2. The summed E-state index contributed by atoms with van der Waals surface area (Å²) in [5, 5.41) is 7.09. The molecule has 2 saturated heterocycles. The van der Waals surface area contributed by atoms with Crippen molar-refractivity contribution in [2.24, 2.45) is 10.9 Å². The van der Waals surface area contributed by atoms with E-state index in [-0.39, 0.29) is 4.75 Å². The topological polar surface area (TPSA) is 58.1 Å². The van der Waals surface area contributed by atoms with Crippen LogP contribution < -0.4 is 10.6 Å². The van der Waals surface area contributed by atoms with Crippen molar-refractivity contribution in [2.75, 3.05) is 65.9 Å². The molecule has 146 valence electrons. The van der Waals surface area contributed by atoms with Crippen molar-refractivity contribution in [3.8, 4) is 0 Å². The summed E-state index contributed by atoms with van der Waals surface area (Å²) in [5.41, 5.74) is 0. The Balaban J connectivity index is 1.83. The standard InChI is InChI=1S/C18H36N4O2S/c1-15(2)16(22-7-11-24-12-8-22)13-20-17(19-3)21-14-18(25-4)5-9-23-10-6-18/h15-16H,5-14H2,1-4H3,(H2,19,20,21). The summed E-state index contributed by atoms with van der Waals surface area (Å²) in [4.78, 5) is 6.96. The van der Waals surface area contributed by atoms with Crippen LogP contribution in [-0.2, 0) is 9.47 Å². The highest BCUT2D eigenvalue weighted by molar-refractivity contribution is 8.00. The van der Waals surface area contributed by atoms with Gasteiger partial charge in [0.2, 0.25) is 0 Å². The van der Waals surface area contributed by atoms with E-state index in [1.807, 2.05) is 18.8 Å². The minimum absolute atomic E-state index is 0.261. The Morgan fingerprint density at radius 2 is 1.76 bits per heavy atom. The monoisotopic (exact) mass is 372 g/mol. The van der Waals surface area contributed by atoms with Gasteiger partial charge in [-0.05, 0) is 25.0 Å². The van der Waals surface area contributed by atoms with Crippen LogP contribution in [0.2, 0.25) is 0 Å². The lowest BCUT2D eigenvalue weighted by molar-refractivity contribution is 0.00751. The number of ether oxygens (including phenoxy) is 2. The number of rotatable bonds is 7. The summed E-state index contributed by atoms with van der Waals surface area (Å²) in [6.45, 7) is 11.9. The summed E-state index contributed by atoms with van der Waals surface area (Å²) < 4.78 is 11.3. The van der Waals surface area contributed by atoms with Crippen LogP contribution in [0.5, 0.6) is 0 Å². The number of hydrogen-bond donors (Lipinski definition) is 2. The molecule has 2 N–H and O–H groups in total. The van der Waals surface area contributed by atoms with Gasteiger partial charge in [0.15, 0.2) is 5.96 Å². The predicted octanol–water partition coefficient (Wildman–Crippen LogP) is 1.42. The quantitative estimate of drug-likeness (QED) is 0.521. The molecule has 0 aliphatic carbocycles. The lowest BCUT2D eigenvalue weighted by Crippen LogP contribution is -2.54. The summed E-state index contributed by atoms with van der Waals surface area (Å²) in [6, 6.07) is 0.500. The van der Waals surface area contributed by atoms with E-state index in [0.717, 1.165) is 71.4 Å². The molecule has 2 rings (SSSR count). The summed E-state index contributed by atoms with van der Waals surface area (Å²) >= 11 is 1.95. The van der Waals surface area contributed by atoms with Gasteiger partial charge in [0.1, 0.15) is 0 Å². The first-order valence-electron chi connectivity index (χ1n) is 9.49. The average molecular weight is 373 g/mol. The van der Waals surface area contributed by atoms with Crippen LogP contribution in [0.25, 0.3) is 0 Å². The van der Waals surface area contributed by atoms with Crippen LogP contribution in [0.15, 0.2) is 4.99 Å². The molecule has 25 heavy (non-hydrogen) atoms. The van der Waals surface area contributed by atoms with Crippen molar-refractivity contribution in [3.05, 3.63) is 0 Å². The highest BCUT2D eigenvalue weighted by atomic mass is 32.2. The van der Waals surface area contributed by atoms with Crippen LogP contribution in [0, 0.1) is 5.92 Å². The Labute approximate surface area is 157 Å². The lowest BCUT2D eigenvalue weighted by atomic mass is 9.99. The van der Waals surface area contributed by atoms with Crippen molar-refractivity contribution in [1.29, 1.82) is 0 Å². The maximum absolute atomic E-state index is 5.53. The molecule has 1 atom stereocenters. The third-order valence-corrected chi connectivity index (χ3v) is 6.82. The second kappa shape index (κ2) is 10.6. The fraction of sp³-hybridized carbons (Fsp3) is 0.944. The normalized spacial score (nSPS) is 23.5. The second-order valence-corrected chi connectivity index (χ2v) is 8.54. The smallest absolute Gasteiger partial charge is 0.191 e. The minimum Gasteiger partial charge on any atom is -0.381 e. The summed E-state index contributed by atoms with van der Waals surface area (Å²) in [5.74, 6) is 1.50. The van der Waals surface area contributed by atoms with Gasteiger partial charge in [-0.2, -0.15) is 11.8 Å². The zero-order valence-corrected chi connectivity index (χ0v) is 17.2. The third-order valence-electron chi connectivity index (χ3n) is 5.40. The van der Waals surface area contributed by atoms with Crippen molar-refractivity contribution in [3.63, 3.8) is 0 Å². The number of guanidine groups is 1. The molecule has 0 aromatic carbocycles. The Morgan fingerprint density at radius 1 is 1.12 bits per heavy atom. The third kappa shape index (κ3) is 6.31. The summed E-state index contributed by atoms with van der Waals surface area (Å²) in [6.07, 6.45) is 4.40. The van der Waals surface area contributed by atoms with Crippen molar-refractivity contribution < 1.29 is 9.47 Å². The van der Waals surface area contributed by atoms with Gasteiger partial charge in [-0.15, -0.1) is 0 Å². The maximum Gasteiger partial charge on any atom is 0.191 e. The SMILES string of the molecule is CN=C(NCC(C(C)C)N1CCOCC1)NCC1(SC)CCOCC1. The molecule has 0 bridgehead atoms. The molecule has 2 fully saturated rings. The van der Waals surface area contributed by atoms with Gasteiger partial charge in [-0.3, -0.25) is 9.89 Å². The average Bonchev–Trinajstić information content (AvgIpc) is 2.65. The van der Waals surface area contributed by atoms with Gasteiger partial charge in [0.25, 0.3) is 0 Å². The van der Waals surface area contributed by atoms with E-state index in [0.29, 0.717) is 12.0 Å². The Bertz CT molecular complexity index is 408. The van der Waals surface area contributed by atoms with Gasteiger partial charge in [-0.25, -0.2) is 0 Å². The molecular formula is C18H36N4O2S. The number of hydrogen-bond acceptors (Lipinski definition) is 5. The van der Waals surface area contributed by atoms with Crippen LogP contribution in [0.1, 0.15) is 26.7 Å². The van der Waals surface area contributed by atoms with Crippen molar-refractivity contribution >= 4 is 17.7 Å². The van der Waals surface area contributed by atoms with E-state index in [4.69, 9.17) is 9.47 Å². The second-order valence-electron chi connectivity index (χ2n) is 7.27. The Hall–Kier alpha value is -0.500.